The molecular formula is C19H28N6O4S. The molecule has 3 heterocycles. The van der Waals surface area contributed by atoms with Crippen LogP contribution >= 0.6 is 11.3 Å². The van der Waals surface area contributed by atoms with Crippen molar-refractivity contribution >= 4 is 34.8 Å². The molecule has 3 rings (SSSR count). The third-order valence-corrected chi connectivity index (χ3v) is 5.50. The van der Waals surface area contributed by atoms with Gasteiger partial charge in [-0.3, -0.25) is 14.4 Å². The zero-order chi connectivity index (χ0) is 22.3. The molecule has 0 aliphatic carbocycles. The van der Waals surface area contributed by atoms with Crippen molar-refractivity contribution in [3.63, 3.8) is 0 Å². The molecule has 2 aromatic rings. The minimum absolute atomic E-state index is 0.0575. The molecule has 0 radical (unpaired) electrons. The fourth-order valence-electron chi connectivity index (χ4n) is 3.37. The van der Waals surface area contributed by atoms with E-state index >= 15 is 0 Å². The largest absolute Gasteiger partial charge is 0.483 e. The van der Waals surface area contributed by atoms with E-state index in [-0.39, 0.29) is 30.2 Å². The molecule has 0 bridgehead atoms. The number of carbonyl (C=O) groups is 3. The van der Waals surface area contributed by atoms with Gasteiger partial charge < -0.3 is 25.2 Å². The van der Waals surface area contributed by atoms with Crippen LogP contribution in [0.3, 0.4) is 0 Å². The molecule has 1 aliphatic rings. The van der Waals surface area contributed by atoms with Crippen molar-refractivity contribution in [2.24, 2.45) is 0 Å². The van der Waals surface area contributed by atoms with Crippen LogP contribution in [0.4, 0.5) is 5.13 Å². The Morgan fingerprint density at radius 1 is 1.20 bits per heavy atom. The van der Waals surface area contributed by atoms with Crippen LogP contribution in [0.1, 0.15) is 55.5 Å². The minimum Gasteiger partial charge on any atom is -0.483 e. The quantitative estimate of drug-likeness (QED) is 0.696. The number of carbonyl (C=O) groups excluding carboxylic acids is 2. The lowest BCUT2D eigenvalue weighted by molar-refractivity contribution is -0.134. The van der Waals surface area contributed by atoms with Gasteiger partial charge in [0.05, 0.1) is 0 Å². The fraction of sp³-hybridized carbons (Fsp3) is 0.526. The predicted octanol–water partition coefficient (Wildman–Crippen LogP) is 1.68. The summed E-state index contributed by atoms with van der Waals surface area (Å²) in [4.78, 5) is 46.0. The van der Waals surface area contributed by atoms with E-state index in [1.54, 1.807) is 16.5 Å². The van der Waals surface area contributed by atoms with Crippen molar-refractivity contribution in [2.75, 3.05) is 31.9 Å². The molecule has 164 valence electrons. The normalized spacial score (nSPS) is 15.2. The number of imidazole rings is 1. The zero-order valence-electron chi connectivity index (χ0n) is 17.4. The topological polar surface area (TPSA) is 135 Å². The average molecular weight is 437 g/mol. The molecular weight excluding hydrogens is 408 g/mol. The molecule has 1 aliphatic heterocycles. The summed E-state index contributed by atoms with van der Waals surface area (Å²) in [7, 11) is 0. The smallest absolute Gasteiger partial charge is 0.290 e. The molecule has 1 atom stereocenters. The summed E-state index contributed by atoms with van der Waals surface area (Å²) in [6, 6.07) is -0.314. The molecule has 30 heavy (non-hydrogen) atoms. The summed E-state index contributed by atoms with van der Waals surface area (Å²) in [6.07, 6.45) is 4.34. The summed E-state index contributed by atoms with van der Waals surface area (Å²) in [6.45, 7) is 8.04. The summed E-state index contributed by atoms with van der Waals surface area (Å²) in [5.41, 5.74) is 6.01. The second-order valence-corrected chi connectivity index (χ2v) is 8.06. The van der Waals surface area contributed by atoms with E-state index in [0.29, 0.717) is 37.0 Å². The first-order valence-electron chi connectivity index (χ1n) is 9.69. The first-order chi connectivity index (χ1) is 14.3. The highest BCUT2D eigenvalue weighted by Crippen LogP contribution is 2.20. The molecule has 1 unspecified atom stereocenters. The van der Waals surface area contributed by atoms with Crippen molar-refractivity contribution in [3.05, 3.63) is 29.3 Å². The monoisotopic (exact) mass is 436 g/mol. The molecule has 2 aromatic heterocycles. The van der Waals surface area contributed by atoms with E-state index in [4.69, 9.17) is 15.6 Å². The maximum atomic E-state index is 13.0. The number of thiazole rings is 1. The van der Waals surface area contributed by atoms with Crippen LogP contribution in [0.15, 0.2) is 17.8 Å². The van der Waals surface area contributed by atoms with Gasteiger partial charge in [-0.05, 0) is 13.3 Å². The Morgan fingerprint density at radius 3 is 2.43 bits per heavy atom. The van der Waals surface area contributed by atoms with E-state index in [1.807, 2.05) is 22.6 Å². The van der Waals surface area contributed by atoms with Crippen LogP contribution in [-0.2, 0) is 9.59 Å². The molecule has 10 nitrogen and oxygen atoms in total. The number of anilines is 1. The lowest BCUT2D eigenvalue weighted by atomic mass is 10.2. The molecule has 2 amide bonds. The molecule has 11 heteroatoms. The number of rotatable bonds is 4. The number of carboxylic acid groups (broad SMARTS) is 1. The van der Waals surface area contributed by atoms with Crippen LogP contribution < -0.4 is 5.73 Å². The Kier molecular flexibility index (Phi) is 8.34. The van der Waals surface area contributed by atoms with Gasteiger partial charge in [-0.1, -0.05) is 13.8 Å². The number of amides is 2. The summed E-state index contributed by atoms with van der Waals surface area (Å²) in [5.74, 6) is 1.09. The Morgan fingerprint density at radius 2 is 1.83 bits per heavy atom. The molecule has 1 fully saturated rings. The fourth-order valence-corrected chi connectivity index (χ4v) is 3.91. The molecule has 0 saturated carbocycles. The average Bonchev–Trinajstić information content (AvgIpc) is 3.30. The first kappa shape index (κ1) is 23.3. The van der Waals surface area contributed by atoms with Crippen molar-refractivity contribution in [1.29, 1.82) is 0 Å². The minimum atomic E-state index is -0.314. The van der Waals surface area contributed by atoms with Crippen LogP contribution in [-0.4, -0.2) is 73.9 Å². The van der Waals surface area contributed by atoms with E-state index in [1.165, 1.54) is 11.3 Å². The highest BCUT2D eigenvalue weighted by atomic mass is 32.1. The second kappa shape index (κ2) is 10.7. The maximum absolute atomic E-state index is 13.0. The van der Waals surface area contributed by atoms with Crippen molar-refractivity contribution in [3.8, 4) is 0 Å². The highest BCUT2D eigenvalue weighted by Gasteiger charge is 2.28. The van der Waals surface area contributed by atoms with Gasteiger partial charge in [0, 0.05) is 49.9 Å². The number of nitrogen functional groups attached to an aromatic ring is 1. The first-order valence-corrected chi connectivity index (χ1v) is 10.6. The van der Waals surface area contributed by atoms with Gasteiger partial charge in [-0.25, -0.2) is 9.97 Å². The summed E-state index contributed by atoms with van der Waals surface area (Å²) in [5, 5.41) is 8.96. The molecule has 1 saturated heterocycles. The van der Waals surface area contributed by atoms with E-state index in [2.05, 4.69) is 23.8 Å². The van der Waals surface area contributed by atoms with Gasteiger partial charge in [0.15, 0.2) is 5.13 Å². The van der Waals surface area contributed by atoms with Crippen molar-refractivity contribution < 1.29 is 19.5 Å². The van der Waals surface area contributed by atoms with E-state index < -0.39 is 0 Å². The third-order valence-electron chi connectivity index (χ3n) is 4.83. The van der Waals surface area contributed by atoms with Gasteiger partial charge in [0.25, 0.3) is 12.4 Å². The SMILES string of the molecule is CC(C)c1nccn1C(C)C(=O)N1CCCN(C(=O)c2csc(N)n2)CC1.O=CO. The van der Waals surface area contributed by atoms with Crippen LogP contribution in [0.2, 0.25) is 0 Å². The Labute approximate surface area is 179 Å². The van der Waals surface area contributed by atoms with Gasteiger partial charge >= 0.3 is 0 Å². The number of aromatic nitrogens is 3. The Hall–Kier alpha value is -2.95. The van der Waals surface area contributed by atoms with Crippen molar-refractivity contribution in [2.45, 2.75) is 39.2 Å². The van der Waals surface area contributed by atoms with Crippen molar-refractivity contribution in [1.82, 2.24) is 24.3 Å². The Balaban J connectivity index is 0.00000101. The predicted molar refractivity (Wildman–Crippen MR) is 113 cm³/mol. The Bertz CT molecular complexity index is 865. The summed E-state index contributed by atoms with van der Waals surface area (Å²) < 4.78 is 1.94. The third kappa shape index (κ3) is 5.56. The van der Waals surface area contributed by atoms with Crippen LogP contribution in [0.25, 0.3) is 0 Å². The second-order valence-electron chi connectivity index (χ2n) is 7.17. The lowest BCUT2D eigenvalue weighted by Crippen LogP contribution is -2.40. The number of nitrogens with zero attached hydrogens (tertiary/aromatic N) is 5. The number of hydrogen-bond donors (Lipinski definition) is 2. The van der Waals surface area contributed by atoms with E-state index in [0.717, 1.165) is 12.2 Å². The molecule has 0 aromatic carbocycles. The van der Waals surface area contributed by atoms with Gasteiger partial charge in [0.2, 0.25) is 5.91 Å². The number of nitrogens with two attached hydrogens (primary N) is 1. The van der Waals surface area contributed by atoms with Gasteiger partial charge in [-0.2, -0.15) is 0 Å². The zero-order valence-corrected chi connectivity index (χ0v) is 18.2. The van der Waals surface area contributed by atoms with Crippen LogP contribution in [0, 0.1) is 0 Å². The lowest BCUT2D eigenvalue weighted by Gasteiger charge is -2.26. The molecule has 0 spiro atoms. The van der Waals surface area contributed by atoms with Crippen LogP contribution in [0.5, 0.6) is 0 Å². The highest BCUT2D eigenvalue weighted by molar-refractivity contribution is 7.13. The van der Waals surface area contributed by atoms with Gasteiger partial charge in [-0.15, -0.1) is 11.3 Å². The van der Waals surface area contributed by atoms with Gasteiger partial charge in [0.1, 0.15) is 17.6 Å². The van der Waals surface area contributed by atoms with E-state index in [9.17, 15) is 9.59 Å². The molecule has 3 N–H and O–H groups in total. The standard InChI is InChI=1S/C18H26N6O2S.CH2O2/c1-12(2)15-20-5-8-24(15)13(3)16(25)22-6-4-7-23(10-9-22)17(26)14-11-27-18(19)21-14;2-1-3/h5,8,11-13H,4,6-7,9-10H2,1-3H3,(H2,19,21);1H,(H,2,3). The summed E-state index contributed by atoms with van der Waals surface area (Å²) >= 11 is 1.26. The number of hydrogen-bond acceptors (Lipinski definition) is 7. The maximum Gasteiger partial charge on any atom is 0.290 e.